The second kappa shape index (κ2) is 7.26. The van der Waals surface area contributed by atoms with Gasteiger partial charge in [-0.2, -0.15) is 0 Å². The highest BCUT2D eigenvalue weighted by Gasteiger charge is 2.16. The molecule has 7 heteroatoms. The first-order chi connectivity index (χ1) is 11.0. The molecule has 0 bridgehead atoms. The normalized spacial score (nSPS) is 10.0. The fraction of sp³-hybridized carbons (Fsp3) is 0.188. The second-order valence-corrected chi connectivity index (χ2v) is 4.68. The van der Waals surface area contributed by atoms with Crippen molar-refractivity contribution in [3.05, 3.63) is 58.1 Å². The number of anilines is 1. The summed E-state index contributed by atoms with van der Waals surface area (Å²) in [5.74, 6) is 0.668. The fourth-order valence-electron chi connectivity index (χ4n) is 2.11. The maximum absolute atomic E-state index is 12.2. The Morgan fingerprint density at radius 2 is 1.91 bits per heavy atom. The second-order valence-electron chi connectivity index (χ2n) is 4.68. The van der Waals surface area contributed by atoms with E-state index in [0.717, 1.165) is 0 Å². The Bertz CT molecular complexity index is 730. The number of benzene rings is 2. The van der Waals surface area contributed by atoms with Gasteiger partial charge in [-0.25, -0.2) is 0 Å². The third-order valence-corrected chi connectivity index (χ3v) is 3.22. The van der Waals surface area contributed by atoms with E-state index in [1.807, 2.05) is 0 Å². The lowest BCUT2D eigenvalue weighted by Gasteiger charge is -2.11. The third-order valence-electron chi connectivity index (χ3n) is 3.22. The van der Waals surface area contributed by atoms with Crippen LogP contribution in [0.2, 0.25) is 0 Å². The van der Waals surface area contributed by atoms with Gasteiger partial charge in [0, 0.05) is 17.7 Å². The minimum Gasteiger partial charge on any atom is -0.497 e. The number of hydrogen-bond donors (Lipinski definition) is 1. The first-order valence-electron chi connectivity index (χ1n) is 6.79. The number of para-hydroxylation sites is 1. The number of carbonyl (C=O) groups excluding carboxylic acids is 1. The van der Waals surface area contributed by atoms with Crippen molar-refractivity contribution in [2.45, 2.75) is 6.42 Å². The number of methoxy groups -OCH3 is 2. The molecule has 0 saturated carbocycles. The molecule has 2 aromatic carbocycles. The standard InChI is InChI=1S/C16H16N2O5/c1-22-12-7-8-13(15(10-12)23-2)17-16(19)9-11-5-3-4-6-14(11)18(20)21/h3-8,10H,9H2,1-2H3,(H,17,19). The molecule has 0 radical (unpaired) electrons. The van der Waals surface area contributed by atoms with Crippen LogP contribution in [-0.2, 0) is 11.2 Å². The van der Waals surface area contributed by atoms with Gasteiger partial charge in [0.15, 0.2) is 0 Å². The summed E-state index contributed by atoms with van der Waals surface area (Å²) < 4.78 is 10.3. The minimum atomic E-state index is -0.503. The predicted octanol–water partition coefficient (Wildman–Crippen LogP) is 2.79. The highest BCUT2D eigenvalue weighted by atomic mass is 16.6. The number of rotatable bonds is 6. The Kier molecular flexibility index (Phi) is 5.14. The van der Waals surface area contributed by atoms with Crippen LogP contribution in [-0.4, -0.2) is 25.1 Å². The molecular formula is C16H16N2O5. The van der Waals surface area contributed by atoms with Crippen molar-refractivity contribution in [1.29, 1.82) is 0 Å². The van der Waals surface area contributed by atoms with Crippen molar-refractivity contribution >= 4 is 17.3 Å². The smallest absolute Gasteiger partial charge is 0.273 e. The molecule has 0 aliphatic carbocycles. The van der Waals surface area contributed by atoms with Crippen molar-refractivity contribution in [3.8, 4) is 11.5 Å². The van der Waals surface area contributed by atoms with Gasteiger partial charge < -0.3 is 14.8 Å². The first kappa shape index (κ1) is 16.3. The van der Waals surface area contributed by atoms with Gasteiger partial charge in [-0.15, -0.1) is 0 Å². The van der Waals surface area contributed by atoms with Crippen LogP contribution in [0.5, 0.6) is 11.5 Å². The number of amides is 1. The van der Waals surface area contributed by atoms with E-state index in [4.69, 9.17) is 9.47 Å². The zero-order valence-electron chi connectivity index (χ0n) is 12.7. The Labute approximate surface area is 133 Å². The quantitative estimate of drug-likeness (QED) is 0.653. The summed E-state index contributed by atoms with van der Waals surface area (Å²) in [6.07, 6.45) is -0.105. The molecule has 0 aromatic heterocycles. The number of nitro benzene ring substituents is 1. The highest BCUT2D eigenvalue weighted by Crippen LogP contribution is 2.29. The van der Waals surface area contributed by atoms with Crippen LogP contribution in [0.25, 0.3) is 0 Å². The molecule has 1 N–H and O–H groups in total. The molecule has 23 heavy (non-hydrogen) atoms. The van der Waals surface area contributed by atoms with E-state index in [0.29, 0.717) is 22.7 Å². The zero-order chi connectivity index (χ0) is 16.8. The monoisotopic (exact) mass is 316 g/mol. The Hall–Kier alpha value is -3.09. The van der Waals surface area contributed by atoms with Crippen LogP contribution in [0.15, 0.2) is 42.5 Å². The van der Waals surface area contributed by atoms with E-state index in [9.17, 15) is 14.9 Å². The van der Waals surface area contributed by atoms with Gasteiger partial charge >= 0.3 is 0 Å². The predicted molar refractivity (Wildman–Crippen MR) is 85.0 cm³/mol. The van der Waals surface area contributed by atoms with Crippen LogP contribution in [0, 0.1) is 10.1 Å². The molecule has 0 aliphatic heterocycles. The molecule has 2 aromatic rings. The molecule has 2 rings (SSSR count). The Morgan fingerprint density at radius 1 is 1.17 bits per heavy atom. The van der Waals surface area contributed by atoms with E-state index in [1.165, 1.54) is 20.3 Å². The lowest BCUT2D eigenvalue weighted by atomic mass is 10.1. The highest BCUT2D eigenvalue weighted by molar-refractivity contribution is 5.94. The lowest BCUT2D eigenvalue weighted by Crippen LogP contribution is -2.15. The number of nitro groups is 1. The van der Waals surface area contributed by atoms with E-state index < -0.39 is 4.92 Å². The van der Waals surface area contributed by atoms with Crippen LogP contribution in [0.4, 0.5) is 11.4 Å². The number of ether oxygens (including phenoxy) is 2. The number of nitrogens with one attached hydrogen (secondary N) is 1. The van der Waals surface area contributed by atoms with E-state index >= 15 is 0 Å². The summed E-state index contributed by atoms with van der Waals surface area (Å²) in [4.78, 5) is 22.6. The van der Waals surface area contributed by atoms with Gasteiger partial charge in [0.2, 0.25) is 5.91 Å². The summed E-state index contributed by atoms with van der Waals surface area (Å²) in [6.45, 7) is 0. The number of hydrogen-bond acceptors (Lipinski definition) is 5. The molecule has 7 nitrogen and oxygen atoms in total. The van der Waals surface area contributed by atoms with E-state index in [1.54, 1.807) is 36.4 Å². The van der Waals surface area contributed by atoms with E-state index in [-0.39, 0.29) is 18.0 Å². The summed E-state index contributed by atoms with van der Waals surface area (Å²) >= 11 is 0. The van der Waals surface area contributed by atoms with Crippen LogP contribution < -0.4 is 14.8 Å². The van der Waals surface area contributed by atoms with Gasteiger partial charge in [0.1, 0.15) is 11.5 Å². The Morgan fingerprint density at radius 3 is 2.57 bits per heavy atom. The molecule has 0 saturated heterocycles. The van der Waals surface area contributed by atoms with Crippen molar-refractivity contribution < 1.29 is 19.2 Å². The van der Waals surface area contributed by atoms with Crippen molar-refractivity contribution in [1.82, 2.24) is 0 Å². The molecule has 0 heterocycles. The van der Waals surface area contributed by atoms with Crippen LogP contribution in [0.1, 0.15) is 5.56 Å². The van der Waals surface area contributed by atoms with Crippen molar-refractivity contribution in [2.24, 2.45) is 0 Å². The molecule has 120 valence electrons. The maximum atomic E-state index is 12.2. The average Bonchev–Trinajstić information content (AvgIpc) is 2.55. The van der Waals surface area contributed by atoms with Gasteiger partial charge in [0.05, 0.1) is 31.3 Å². The molecule has 0 fully saturated rings. The largest absolute Gasteiger partial charge is 0.497 e. The Balaban J connectivity index is 2.16. The SMILES string of the molecule is COc1ccc(NC(=O)Cc2ccccc2[N+](=O)[O-])c(OC)c1. The molecule has 0 spiro atoms. The van der Waals surface area contributed by atoms with Crippen molar-refractivity contribution in [2.75, 3.05) is 19.5 Å². The summed E-state index contributed by atoms with van der Waals surface area (Å²) in [6, 6.07) is 11.1. The van der Waals surface area contributed by atoms with Crippen LogP contribution in [0.3, 0.4) is 0 Å². The molecule has 0 aliphatic rings. The molecule has 1 amide bonds. The maximum Gasteiger partial charge on any atom is 0.273 e. The fourth-order valence-corrected chi connectivity index (χ4v) is 2.11. The van der Waals surface area contributed by atoms with E-state index in [2.05, 4.69) is 5.32 Å². The van der Waals surface area contributed by atoms with Gasteiger partial charge in [-0.3, -0.25) is 14.9 Å². The third kappa shape index (κ3) is 3.97. The lowest BCUT2D eigenvalue weighted by molar-refractivity contribution is -0.385. The first-order valence-corrected chi connectivity index (χ1v) is 6.79. The number of carbonyl (C=O) groups is 1. The summed E-state index contributed by atoms with van der Waals surface area (Å²) in [5, 5.41) is 13.7. The van der Waals surface area contributed by atoms with Gasteiger partial charge in [-0.05, 0) is 12.1 Å². The topological polar surface area (TPSA) is 90.7 Å². The average molecular weight is 316 g/mol. The molecular weight excluding hydrogens is 300 g/mol. The summed E-state index contributed by atoms with van der Waals surface area (Å²) in [5.41, 5.74) is 0.740. The van der Waals surface area contributed by atoms with Crippen LogP contribution >= 0.6 is 0 Å². The minimum absolute atomic E-state index is 0.0793. The molecule has 0 unspecified atom stereocenters. The van der Waals surface area contributed by atoms with Gasteiger partial charge in [0.25, 0.3) is 5.69 Å². The molecule has 0 atom stereocenters. The summed E-state index contributed by atoms with van der Waals surface area (Å²) in [7, 11) is 3.01. The number of nitrogens with zero attached hydrogens (tertiary/aromatic N) is 1. The zero-order valence-corrected chi connectivity index (χ0v) is 12.7. The van der Waals surface area contributed by atoms with Crippen molar-refractivity contribution in [3.63, 3.8) is 0 Å². The van der Waals surface area contributed by atoms with Gasteiger partial charge in [-0.1, -0.05) is 18.2 Å².